The Bertz CT molecular complexity index is 473. The van der Waals surface area contributed by atoms with E-state index in [2.05, 4.69) is 4.90 Å². The molecule has 6 heteroatoms. The van der Waals surface area contributed by atoms with Gasteiger partial charge >= 0.3 is 0 Å². The number of rotatable bonds is 1. The maximum absolute atomic E-state index is 13.6. The Labute approximate surface area is 118 Å². The lowest BCUT2D eigenvalue weighted by Gasteiger charge is -2.32. The molecule has 1 amide bonds. The highest BCUT2D eigenvalue weighted by molar-refractivity contribution is 14.1. The zero-order valence-corrected chi connectivity index (χ0v) is 12.1. The number of carbonyl (C=O) groups is 1. The summed E-state index contributed by atoms with van der Waals surface area (Å²) in [6, 6.07) is 2.04. The van der Waals surface area contributed by atoms with E-state index < -0.39 is 11.6 Å². The molecule has 2 rings (SSSR count). The molecule has 0 aromatic heterocycles. The molecule has 0 atom stereocenters. The van der Waals surface area contributed by atoms with Gasteiger partial charge in [-0.25, -0.2) is 8.78 Å². The average Bonchev–Trinajstić information content (AvgIpc) is 2.34. The summed E-state index contributed by atoms with van der Waals surface area (Å²) in [6.45, 7) is 2.68. The molecule has 1 aliphatic heterocycles. The van der Waals surface area contributed by atoms with Crippen LogP contribution in [0.5, 0.6) is 0 Å². The second kappa shape index (κ2) is 5.48. The highest BCUT2D eigenvalue weighted by atomic mass is 127. The molecule has 3 nitrogen and oxygen atoms in total. The third kappa shape index (κ3) is 2.80. The van der Waals surface area contributed by atoms with Gasteiger partial charge in [0.25, 0.3) is 5.91 Å². The number of carbonyl (C=O) groups excluding carboxylic acids is 1. The molecule has 0 radical (unpaired) electrons. The van der Waals surface area contributed by atoms with Gasteiger partial charge in [-0.2, -0.15) is 0 Å². The molecule has 0 spiro atoms. The number of hydrogen-bond acceptors (Lipinski definition) is 2. The van der Waals surface area contributed by atoms with E-state index in [1.807, 2.05) is 7.05 Å². The van der Waals surface area contributed by atoms with Gasteiger partial charge in [0.15, 0.2) is 0 Å². The minimum atomic E-state index is -0.795. The fourth-order valence-corrected chi connectivity index (χ4v) is 2.33. The summed E-state index contributed by atoms with van der Waals surface area (Å²) in [5, 5.41) is 0. The summed E-state index contributed by atoms with van der Waals surface area (Å²) in [4.78, 5) is 15.8. The Hall–Kier alpha value is -0.760. The van der Waals surface area contributed by atoms with E-state index in [0.717, 1.165) is 19.2 Å². The number of nitrogens with zero attached hydrogens (tertiary/aromatic N) is 2. The van der Waals surface area contributed by atoms with Crippen LogP contribution in [0.25, 0.3) is 0 Å². The Balaban J connectivity index is 2.21. The first-order chi connectivity index (χ1) is 8.49. The molecule has 0 saturated carbocycles. The van der Waals surface area contributed by atoms with E-state index in [1.165, 1.54) is 6.07 Å². The molecule has 0 bridgehead atoms. The molecular weight excluding hydrogens is 353 g/mol. The van der Waals surface area contributed by atoms with Crippen molar-refractivity contribution < 1.29 is 13.6 Å². The standard InChI is InChI=1S/C12H13F2IN2O/c1-16-2-4-17(5-3-16)12(18)8-6-11(15)10(14)7-9(8)13/h6-7H,2-5H2,1H3. The number of amides is 1. The molecule has 1 aromatic rings. The van der Waals surface area contributed by atoms with Crippen LogP contribution in [0.2, 0.25) is 0 Å². The third-order valence-corrected chi connectivity index (χ3v) is 3.86. The van der Waals surface area contributed by atoms with Crippen LogP contribution in [-0.4, -0.2) is 48.9 Å². The zero-order chi connectivity index (χ0) is 13.3. The van der Waals surface area contributed by atoms with Crippen LogP contribution in [0.15, 0.2) is 12.1 Å². The van der Waals surface area contributed by atoms with Crippen molar-refractivity contribution in [2.24, 2.45) is 0 Å². The number of halogens is 3. The van der Waals surface area contributed by atoms with Crippen LogP contribution in [0.3, 0.4) is 0 Å². The van der Waals surface area contributed by atoms with Crippen molar-refractivity contribution in [2.45, 2.75) is 0 Å². The maximum Gasteiger partial charge on any atom is 0.256 e. The minimum Gasteiger partial charge on any atom is -0.336 e. The van der Waals surface area contributed by atoms with Gasteiger partial charge in [0.2, 0.25) is 0 Å². The minimum absolute atomic E-state index is 0.0506. The summed E-state index contributed by atoms with van der Waals surface area (Å²) in [7, 11) is 1.98. The van der Waals surface area contributed by atoms with Crippen LogP contribution < -0.4 is 0 Å². The van der Waals surface area contributed by atoms with Crippen LogP contribution in [0.1, 0.15) is 10.4 Å². The normalized spacial score (nSPS) is 17.0. The van der Waals surface area contributed by atoms with E-state index in [4.69, 9.17) is 0 Å². The first-order valence-corrected chi connectivity index (χ1v) is 6.69. The van der Waals surface area contributed by atoms with Gasteiger partial charge in [-0.1, -0.05) is 0 Å². The third-order valence-electron chi connectivity index (χ3n) is 3.03. The number of hydrogen-bond donors (Lipinski definition) is 0. The highest BCUT2D eigenvalue weighted by Crippen LogP contribution is 2.18. The Morgan fingerprint density at radius 1 is 1.17 bits per heavy atom. The Morgan fingerprint density at radius 2 is 1.78 bits per heavy atom. The molecule has 0 unspecified atom stereocenters. The molecule has 0 N–H and O–H groups in total. The van der Waals surface area contributed by atoms with Gasteiger partial charge in [0.1, 0.15) is 11.6 Å². The topological polar surface area (TPSA) is 23.6 Å². The van der Waals surface area contributed by atoms with E-state index in [-0.39, 0.29) is 15.0 Å². The van der Waals surface area contributed by atoms with Gasteiger partial charge in [-0.05, 0) is 35.7 Å². The SMILES string of the molecule is CN1CCN(C(=O)c2cc(I)c(F)cc2F)CC1. The molecule has 1 aliphatic rings. The Morgan fingerprint density at radius 3 is 2.39 bits per heavy atom. The lowest BCUT2D eigenvalue weighted by molar-refractivity contribution is 0.0659. The summed E-state index contributed by atoms with van der Waals surface area (Å²) < 4.78 is 27.0. The monoisotopic (exact) mass is 366 g/mol. The highest BCUT2D eigenvalue weighted by Gasteiger charge is 2.23. The molecule has 18 heavy (non-hydrogen) atoms. The van der Waals surface area contributed by atoms with Crippen molar-refractivity contribution in [3.63, 3.8) is 0 Å². The molecule has 1 heterocycles. The first-order valence-electron chi connectivity index (χ1n) is 5.61. The van der Waals surface area contributed by atoms with Gasteiger partial charge in [-0.3, -0.25) is 4.79 Å². The predicted molar refractivity (Wildman–Crippen MR) is 72.5 cm³/mol. The second-order valence-corrected chi connectivity index (χ2v) is 5.50. The number of benzene rings is 1. The molecule has 1 saturated heterocycles. The molecule has 1 aromatic carbocycles. The molecule has 98 valence electrons. The second-order valence-electron chi connectivity index (χ2n) is 4.34. The maximum atomic E-state index is 13.6. The lowest BCUT2D eigenvalue weighted by atomic mass is 10.1. The van der Waals surface area contributed by atoms with Crippen molar-refractivity contribution in [1.29, 1.82) is 0 Å². The lowest BCUT2D eigenvalue weighted by Crippen LogP contribution is -2.47. The average molecular weight is 366 g/mol. The van der Waals surface area contributed by atoms with Gasteiger partial charge < -0.3 is 9.80 Å². The van der Waals surface area contributed by atoms with E-state index >= 15 is 0 Å². The van der Waals surface area contributed by atoms with Crippen molar-refractivity contribution >= 4 is 28.5 Å². The number of piperazine rings is 1. The number of likely N-dealkylation sites (N-methyl/N-ethyl adjacent to an activating group) is 1. The molecule has 0 aliphatic carbocycles. The molecular formula is C12H13F2IN2O. The predicted octanol–water partition coefficient (Wildman–Crippen LogP) is 1.96. The zero-order valence-electron chi connectivity index (χ0n) is 9.92. The van der Waals surface area contributed by atoms with E-state index in [9.17, 15) is 13.6 Å². The Kier molecular flexibility index (Phi) is 4.16. The fourth-order valence-electron chi connectivity index (χ4n) is 1.87. The van der Waals surface area contributed by atoms with Crippen molar-refractivity contribution in [1.82, 2.24) is 9.80 Å². The van der Waals surface area contributed by atoms with Crippen molar-refractivity contribution in [2.75, 3.05) is 33.2 Å². The van der Waals surface area contributed by atoms with Crippen LogP contribution in [0, 0.1) is 15.2 Å². The van der Waals surface area contributed by atoms with E-state index in [0.29, 0.717) is 13.1 Å². The van der Waals surface area contributed by atoms with Crippen molar-refractivity contribution in [3.05, 3.63) is 32.9 Å². The summed E-state index contributed by atoms with van der Waals surface area (Å²) >= 11 is 1.75. The van der Waals surface area contributed by atoms with E-state index in [1.54, 1.807) is 27.5 Å². The first kappa shape index (κ1) is 13.7. The smallest absolute Gasteiger partial charge is 0.256 e. The summed E-state index contributed by atoms with van der Waals surface area (Å²) in [5.41, 5.74) is -0.0506. The van der Waals surface area contributed by atoms with Crippen LogP contribution in [-0.2, 0) is 0 Å². The van der Waals surface area contributed by atoms with Crippen LogP contribution >= 0.6 is 22.6 Å². The fraction of sp³-hybridized carbons (Fsp3) is 0.417. The molecule has 1 fully saturated rings. The van der Waals surface area contributed by atoms with Gasteiger partial charge in [0, 0.05) is 35.8 Å². The van der Waals surface area contributed by atoms with Gasteiger partial charge in [0.05, 0.1) is 5.56 Å². The van der Waals surface area contributed by atoms with Gasteiger partial charge in [-0.15, -0.1) is 0 Å². The summed E-state index contributed by atoms with van der Waals surface area (Å²) in [6.07, 6.45) is 0. The van der Waals surface area contributed by atoms with Crippen molar-refractivity contribution in [3.8, 4) is 0 Å². The van der Waals surface area contributed by atoms with Crippen LogP contribution in [0.4, 0.5) is 8.78 Å². The quantitative estimate of drug-likeness (QED) is 0.561. The summed E-state index contributed by atoms with van der Waals surface area (Å²) in [5.74, 6) is -1.79. The largest absolute Gasteiger partial charge is 0.336 e.